The van der Waals surface area contributed by atoms with Gasteiger partial charge in [0.05, 0.1) is 0 Å². The van der Waals surface area contributed by atoms with Gasteiger partial charge in [0.2, 0.25) is 0 Å². The summed E-state index contributed by atoms with van der Waals surface area (Å²) in [6.07, 6.45) is 1.34. The molecule has 1 rings (SSSR count). The van der Waals surface area contributed by atoms with Gasteiger partial charge in [0.1, 0.15) is 9.68 Å². The summed E-state index contributed by atoms with van der Waals surface area (Å²) in [6, 6.07) is 1.35. The Morgan fingerprint density at radius 2 is 2.12 bits per heavy atom. The van der Waals surface area contributed by atoms with Gasteiger partial charge < -0.3 is 10.3 Å². The molecule has 0 bridgehead atoms. The molecular weight excluding hydrogens is 116 g/mol. The first-order valence-corrected chi connectivity index (χ1v) is 4.37. The van der Waals surface area contributed by atoms with Crippen molar-refractivity contribution in [1.82, 2.24) is 10.3 Å². The Morgan fingerprint density at radius 3 is 3.12 bits per heavy atom. The van der Waals surface area contributed by atoms with Crippen molar-refractivity contribution in [3.63, 3.8) is 0 Å². The van der Waals surface area contributed by atoms with E-state index in [1.165, 1.54) is 19.0 Å². The average molecular weight is 128 g/mol. The average Bonchev–Trinajstić information content (AvgIpc) is 1.62. The first kappa shape index (κ1) is 6.26. The van der Waals surface area contributed by atoms with Crippen LogP contribution in [0.2, 0.25) is 6.04 Å². The summed E-state index contributed by atoms with van der Waals surface area (Å²) in [5, 5.41) is 3.33. The number of hydrogen-bond acceptors (Lipinski definition) is 2. The Morgan fingerprint density at radius 1 is 1.12 bits per heavy atom. The summed E-state index contributed by atoms with van der Waals surface area (Å²) < 4.78 is 0. The zero-order chi connectivity index (χ0) is 5.66. The van der Waals surface area contributed by atoms with E-state index in [0.717, 1.165) is 22.8 Å². The predicted molar refractivity (Wildman–Crippen MR) is 36.1 cm³/mol. The van der Waals surface area contributed by atoms with Crippen LogP contribution in [0.15, 0.2) is 0 Å². The lowest BCUT2D eigenvalue weighted by Gasteiger charge is -2.08. The van der Waals surface area contributed by atoms with Gasteiger partial charge in [0.25, 0.3) is 0 Å². The smallest absolute Gasteiger partial charge is 0.138 e. The maximum atomic E-state index is 3.35. The van der Waals surface area contributed by atoms with Crippen LogP contribution in [-0.4, -0.2) is 29.3 Å². The van der Waals surface area contributed by atoms with E-state index in [9.17, 15) is 0 Å². The van der Waals surface area contributed by atoms with Crippen molar-refractivity contribution in [2.75, 3.05) is 19.6 Å². The third-order valence-corrected chi connectivity index (χ3v) is 2.31. The van der Waals surface area contributed by atoms with Crippen molar-refractivity contribution in [2.45, 2.75) is 12.5 Å². The van der Waals surface area contributed by atoms with Crippen LogP contribution >= 0.6 is 0 Å². The molecule has 0 aromatic rings. The van der Waals surface area contributed by atoms with E-state index < -0.39 is 0 Å². The molecule has 1 aliphatic heterocycles. The molecule has 46 valence electrons. The molecule has 2 radical (unpaired) electrons. The van der Waals surface area contributed by atoms with Gasteiger partial charge in [-0.3, -0.25) is 0 Å². The van der Waals surface area contributed by atoms with Gasteiger partial charge in [-0.1, -0.05) is 0 Å². The summed E-state index contributed by atoms with van der Waals surface area (Å²) in [5.41, 5.74) is 0. The van der Waals surface area contributed by atoms with E-state index >= 15 is 0 Å². The van der Waals surface area contributed by atoms with E-state index in [2.05, 4.69) is 10.3 Å². The third kappa shape index (κ3) is 2.45. The zero-order valence-corrected chi connectivity index (χ0v) is 6.04. The van der Waals surface area contributed by atoms with Gasteiger partial charge >= 0.3 is 0 Å². The van der Waals surface area contributed by atoms with Gasteiger partial charge in [-0.25, -0.2) is 0 Å². The molecule has 2 nitrogen and oxygen atoms in total. The van der Waals surface area contributed by atoms with Crippen LogP contribution in [0.3, 0.4) is 0 Å². The van der Waals surface area contributed by atoms with Crippen LogP contribution in [0.4, 0.5) is 0 Å². The van der Waals surface area contributed by atoms with E-state index in [1.807, 2.05) is 0 Å². The highest BCUT2D eigenvalue weighted by atomic mass is 28.2. The number of nitrogens with one attached hydrogen (secondary N) is 2. The molecule has 2 N–H and O–H groups in total. The lowest BCUT2D eigenvalue weighted by molar-refractivity contribution is 0.645. The highest BCUT2D eigenvalue weighted by Gasteiger charge is 1.94. The van der Waals surface area contributed by atoms with Crippen molar-refractivity contribution in [3.05, 3.63) is 0 Å². The van der Waals surface area contributed by atoms with Crippen molar-refractivity contribution in [3.8, 4) is 0 Å². The second-order valence-electron chi connectivity index (χ2n) is 1.96. The van der Waals surface area contributed by atoms with Crippen LogP contribution in [0.1, 0.15) is 6.42 Å². The lowest BCUT2D eigenvalue weighted by atomic mass is 10.4. The monoisotopic (exact) mass is 128 g/mol. The van der Waals surface area contributed by atoms with E-state index in [-0.39, 0.29) is 0 Å². The summed E-state index contributed by atoms with van der Waals surface area (Å²) >= 11 is 0. The molecule has 1 heterocycles. The second kappa shape index (κ2) is 4.06. The largest absolute Gasteiger partial charge is 0.338 e. The lowest BCUT2D eigenvalue weighted by Crippen LogP contribution is -2.33. The summed E-state index contributed by atoms with van der Waals surface area (Å²) in [7, 11) is 1.00. The second-order valence-corrected chi connectivity index (χ2v) is 3.16. The zero-order valence-electron chi connectivity index (χ0n) is 5.04. The molecule has 1 aliphatic rings. The van der Waals surface area contributed by atoms with Crippen molar-refractivity contribution < 1.29 is 0 Å². The fourth-order valence-corrected chi connectivity index (χ4v) is 1.59. The Bertz CT molecular complexity index is 34.4. The fourth-order valence-electron chi connectivity index (χ4n) is 0.754. The highest BCUT2D eigenvalue weighted by molar-refractivity contribution is 6.32. The topological polar surface area (TPSA) is 24.1 Å². The van der Waals surface area contributed by atoms with Crippen LogP contribution in [0.5, 0.6) is 0 Å². The van der Waals surface area contributed by atoms with Gasteiger partial charge in [0.15, 0.2) is 0 Å². The standard InChI is InChI=1S/C5H12N2Si/c1-2-6-3-4-7-8-5-1/h6-7H,1-5H2. The Hall–Kier alpha value is 0.137. The molecule has 0 saturated carbocycles. The molecule has 3 heteroatoms. The maximum Gasteiger partial charge on any atom is 0.138 e. The molecule has 0 aliphatic carbocycles. The molecular formula is C5H12N2Si. The molecule has 8 heavy (non-hydrogen) atoms. The fraction of sp³-hybridized carbons (Fsp3) is 1.00. The molecule has 0 unspecified atom stereocenters. The summed E-state index contributed by atoms with van der Waals surface area (Å²) in [5.74, 6) is 0. The van der Waals surface area contributed by atoms with E-state index in [0.29, 0.717) is 0 Å². The Kier molecular flexibility index (Phi) is 3.18. The van der Waals surface area contributed by atoms with Gasteiger partial charge in [-0.05, 0) is 19.0 Å². The van der Waals surface area contributed by atoms with Crippen LogP contribution < -0.4 is 10.3 Å². The minimum atomic E-state index is 1.00. The van der Waals surface area contributed by atoms with Gasteiger partial charge in [0, 0.05) is 13.1 Å². The van der Waals surface area contributed by atoms with Crippen molar-refractivity contribution in [2.24, 2.45) is 0 Å². The van der Waals surface area contributed by atoms with Crippen molar-refractivity contribution >= 4 is 9.68 Å². The predicted octanol–water partition coefficient (Wildman–Crippen LogP) is -0.393. The third-order valence-electron chi connectivity index (χ3n) is 1.21. The van der Waals surface area contributed by atoms with E-state index in [4.69, 9.17) is 0 Å². The summed E-state index contributed by atoms with van der Waals surface area (Å²) in [6.45, 7) is 3.51. The normalized spacial score (nSPS) is 24.0. The van der Waals surface area contributed by atoms with Gasteiger partial charge in [-0.15, -0.1) is 0 Å². The molecule has 1 saturated heterocycles. The minimum Gasteiger partial charge on any atom is -0.338 e. The molecule has 0 aromatic heterocycles. The molecule has 0 spiro atoms. The number of rotatable bonds is 0. The van der Waals surface area contributed by atoms with Crippen LogP contribution in [-0.2, 0) is 0 Å². The van der Waals surface area contributed by atoms with E-state index in [1.54, 1.807) is 0 Å². The molecule has 0 amide bonds. The molecule has 0 aromatic carbocycles. The number of hydrogen-bond donors (Lipinski definition) is 2. The molecule has 0 atom stereocenters. The summed E-state index contributed by atoms with van der Waals surface area (Å²) in [4.78, 5) is 3.35. The highest BCUT2D eigenvalue weighted by Crippen LogP contribution is 1.85. The SMILES string of the molecule is C1CNCCN[Si]C1. The van der Waals surface area contributed by atoms with Crippen molar-refractivity contribution in [1.29, 1.82) is 0 Å². The Labute approximate surface area is 52.9 Å². The first-order chi connectivity index (χ1) is 4.00. The Balaban J connectivity index is 2.00. The van der Waals surface area contributed by atoms with Crippen LogP contribution in [0.25, 0.3) is 0 Å². The van der Waals surface area contributed by atoms with Gasteiger partial charge in [-0.2, -0.15) is 0 Å². The molecule has 1 fully saturated rings. The van der Waals surface area contributed by atoms with Crippen LogP contribution in [0, 0.1) is 0 Å². The first-order valence-electron chi connectivity index (χ1n) is 3.16. The quantitative estimate of drug-likeness (QED) is 0.434. The maximum absolute atomic E-state index is 3.35. The minimum absolute atomic E-state index is 1.00.